The average Bonchev–Trinajstić information content (AvgIpc) is 3.70. The molecule has 8 nitrogen and oxygen atoms in total. The monoisotopic (exact) mass is 621 g/mol. The summed E-state index contributed by atoms with van der Waals surface area (Å²) in [6, 6.07) is 23.9. The summed E-state index contributed by atoms with van der Waals surface area (Å²) in [6.45, 7) is 11.3. The fourth-order valence-corrected chi connectivity index (χ4v) is 5.95. The Morgan fingerprint density at radius 1 is 0.913 bits per heavy atom. The minimum Gasteiger partial charge on any atom is -0.508 e. The van der Waals surface area contributed by atoms with Crippen molar-refractivity contribution < 1.29 is 24.2 Å². The van der Waals surface area contributed by atoms with Gasteiger partial charge < -0.3 is 25.4 Å². The Bertz CT molecular complexity index is 1720. The molecule has 1 saturated carbocycles. The second-order valence-electron chi connectivity index (χ2n) is 13.5. The van der Waals surface area contributed by atoms with E-state index in [1.165, 1.54) is 0 Å². The van der Waals surface area contributed by atoms with Crippen LogP contribution in [0.3, 0.4) is 0 Å². The maximum absolute atomic E-state index is 14.8. The van der Waals surface area contributed by atoms with Crippen molar-refractivity contribution in [3.63, 3.8) is 0 Å². The fraction of sp³-hybridized carbons (Fsp3) is 0.342. The zero-order valence-corrected chi connectivity index (χ0v) is 27.3. The highest BCUT2D eigenvalue weighted by Crippen LogP contribution is 2.41. The number of nitrogens with zero attached hydrogens (tertiary/aromatic N) is 1. The SMILES string of the molecule is Cc1cc(C)cc(C(C(=O)Nc2ccc3ccccc3c2)N(C(=O)C(Cc2ccc(O)cc2)NC(=O)OC(C)(C)C)C2CC2C)c1. The number of aromatic hydroxyl groups is 1. The molecular formula is C38H43N3O5. The molecule has 46 heavy (non-hydrogen) atoms. The van der Waals surface area contributed by atoms with Crippen LogP contribution in [0.5, 0.6) is 5.75 Å². The molecule has 0 aromatic heterocycles. The van der Waals surface area contributed by atoms with Gasteiger partial charge in [0.15, 0.2) is 0 Å². The Labute approximate surface area is 270 Å². The molecule has 240 valence electrons. The molecule has 0 radical (unpaired) electrons. The van der Waals surface area contributed by atoms with Gasteiger partial charge in [0.2, 0.25) is 5.91 Å². The van der Waals surface area contributed by atoms with E-state index >= 15 is 0 Å². The van der Waals surface area contributed by atoms with Crippen molar-refractivity contribution >= 4 is 34.4 Å². The van der Waals surface area contributed by atoms with Crippen LogP contribution in [0.1, 0.15) is 62.4 Å². The molecule has 1 aliphatic rings. The highest BCUT2D eigenvalue weighted by atomic mass is 16.6. The maximum Gasteiger partial charge on any atom is 0.408 e. The van der Waals surface area contributed by atoms with Crippen molar-refractivity contribution in [1.29, 1.82) is 0 Å². The number of phenolic OH excluding ortho intramolecular Hbond substituents is 1. The van der Waals surface area contributed by atoms with Crippen LogP contribution in [0.15, 0.2) is 84.9 Å². The van der Waals surface area contributed by atoms with E-state index in [9.17, 15) is 19.5 Å². The van der Waals surface area contributed by atoms with E-state index in [4.69, 9.17) is 4.74 Å². The summed E-state index contributed by atoms with van der Waals surface area (Å²) < 4.78 is 5.55. The van der Waals surface area contributed by atoms with Crippen LogP contribution in [0.25, 0.3) is 10.8 Å². The summed E-state index contributed by atoms with van der Waals surface area (Å²) in [6.07, 6.45) is 0.146. The van der Waals surface area contributed by atoms with Crippen LogP contribution in [0, 0.1) is 19.8 Å². The number of carbonyl (C=O) groups is 3. The van der Waals surface area contributed by atoms with Crippen molar-refractivity contribution in [1.82, 2.24) is 10.2 Å². The van der Waals surface area contributed by atoms with Gasteiger partial charge in [-0.25, -0.2) is 4.79 Å². The molecule has 0 aliphatic heterocycles. The predicted octanol–water partition coefficient (Wildman–Crippen LogP) is 7.22. The molecule has 0 saturated heterocycles. The van der Waals surface area contributed by atoms with Crippen LogP contribution in [0.4, 0.5) is 10.5 Å². The van der Waals surface area contributed by atoms with E-state index in [-0.39, 0.29) is 35.9 Å². The first-order chi connectivity index (χ1) is 21.8. The van der Waals surface area contributed by atoms with E-state index in [1.54, 1.807) is 49.9 Å². The van der Waals surface area contributed by atoms with Gasteiger partial charge in [0.25, 0.3) is 5.91 Å². The van der Waals surface area contributed by atoms with Gasteiger partial charge in [-0.2, -0.15) is 0 Å². The van der Waals surface area contributed by atoms with Gasteiger partial charge in [0.1, 0.15) is 23.4 Å². The Morgan fingerprint density at radius 2 is 1.54 bits per heavy atom. The van der Waals surface area contributed by atoms with Crippen LogP contribution < -0.4 is 10.6 Å². The van der Waals surface area contributed by atoms with Crippen molar-refractivity contribution in [2.24, 2.45) is 5.92 Å². The number of amides is 3. The minimum absolute atomic E-state index is 0.0976. The first-order valence-electron chi connectivity index (χ1n) is 15.7. The molecule has 0 heterocycles. The van der Waals surface area contributed by atoms with Crippen LogP contribution in [-0.4, -0.2) is 45.6 Å². The predicted molar refractivity (Wildman–Crippen MR) is 181 cm³/mol. The van der Waals surface area contributed by atoms with Gasteiger partial charge in [-0.3, -0.25) is 9.59 Å². The number of benzene rings is 4. The number of hydrogen-bond donors (Lipinski definition) is 3. The molecule has 3 amide bonds. The molecule has 0 bridgehead atoms. The molecule has 4 unspecified atom stereocenters. The third kappa shape index (κ3) is 8.05. The standard InChI is InChI=1S/C38H43N3O5/c1-23-17-24(2)19-29(18-23)34(35(43)39-30-14-13-27-9-7-8-10-28(27)22-30)41(33-20-25(33)3)36(44)32(40-37(45)46-38(4,5)6)21-26-11-15-31(42)16-12-26/h7-19,22,25,32-34,42H,20-21H2,1-6H3,(H,39,43)(H,40,45). The second-order valence-corrected chi connectivity index (χ2v) is 13.5. The fourth-order valence-electron chi connectivity index (χ4n) is 5.95. The topological polar surface area (TPSA) is 108 Å². The van der Waals surface area contributed by atoms with Gasteiger partial charge in [-0.05, 0) is 93.1 Å². The average molecular weight is 622 g/mol. The Kier molecular flexibility index (Phi) is 9.37. The summed E-state index contributed by atoms with van der Waals surface area (Å²) in [5.41, 5.74) is 3.23. The molecule has 4 aromatic rings. The lowest BCUT2D eigenvalue weighted by Gasteiger charge is -2.35. The maximum atomic E-state index is 14.8. The largest absolute Gasteiger partial charge is 0.508 e. The zero-order valence-electron chi connectivity index (χ0n) is 27.3. The number of rotatable bonds is 9. The molecule has 4 atom stereocenters. The molecule has 3 N–H and O–H groups in total. The number of aryl methyl sites for hydroxylation is 2. The van der Waals surface area contributed by atoms with Crippen molar-refractivity contribution in [2.75, 3.05) is 5.32 Å². The molecule has 5 rings (SSSR count). The molecule has 0 spiro atoms. The van der Waals surface area contributed by atoms with Crippen molar-refractivity contribution in [3.05, 3.63) is 107 Å². The summed E-state index contributed by atoms with van der Waals surface area (Å²) >= 11 is 0. The summed E-state index contributed by atoms with van der Waals surface area (Å²) in [5, 5.41) is 17.8. The van der Waals surface area contributed by atoms with Gasteiger partial charge in [0, 0.05) is 18.2 Å². The first kappa shape index (κ1) is 32.5. The number of anilines is 1. The quantitative estimate of drug-likeness (QED) is 0.183. The van der Waals surface area contributed by atoms with Gasteiger partial charge in [0.05, 0.1) is 0 Å². The minimum atomic E-state index is -1.03. The third-order valence-electron chi connectivity index (χ3n) is 8.15. The number of ether oxygens (including phenoxy) is 1. The van der Waals surface area contributed by atoms with Gasteiger partial charge in [-0.15, -0.1) is 0 Å². The number of fused-ring (bicyclic) bond motifs is 1. The second kappa shape index (κ2) is 13.3. The number of hydrogen-bond acceptors (Lipinski definition) is 5. The Hall–Kier alpha value is -4.85. The summed E-state index contributed by atoms with van der Waals surface area (Å²) in [4.78, 5) is 44.0. The van der Waals surface area contributed by atoms with E-state index in [1.807, 2.05) is 74.5 Å². The van der Waals surface area contributed by atoms with Gasteiger partial charge in [-0.1, -0.05) is 78.7 Å². The molecule has 4 aromatic carbocycles. The highest BCUT2D eigenvalue weighted by molar-refractivity contribution is 6.00. The zero-order chi connectivity index (χ0) is 33.2. The van der Waals surface area contributed by atoms with E-state index in [0.717, 1.165) is 33.9 Å². The summed E-state index contributed by atoms with van der Waals surface area (Å²) in [7, 11) is 0. The Morgan fingerprint density at radius 3 is 2.15 bits per heavy atom. The smallest absolute Gasteiger partial charge is 0.408 e. The number of phenols is 1. The lowest BCUT2D eigenvalue weighted by molar-refractivity contribution is -0.141. The molecule has 1 aliphatic carbocycles. The van der Waals surface area contributed by atoms with Crippen molar-refractivity contribution in [2.45, 2.75) is 78.1 Å². The van der Waals surface area contributed by atoms with Gasteiger partial charge >= 0.3 is 6.09 Å². The molecular weight excluding hydrogens is 578 g/mol. The van der Waals surface area contributed by atoms with Crippen LogP contribution in [-0.2, 0) is 20.7 Å². The lowest BCUT2D eigenvalue weighted by atomic mass is 9.97. The first-order valence-corrected chi connectivity index (χ1v) is 15.7. The van der Waals surface area contributed by atoms with Crippen LogP contribution in [0.2, 0.25) is 0 Å². The van der Waals surface area contributed by atoms with E-state index in [0.29, 0.717) is 11.3 Å². The number of alkyl carbamates (subject to hydrolysis) is 1. The number of carbonyl (C=O) groups excluding carboxylic acids is 3. The molecule has 8 heteroatoms. The third-order valence-corrected chi connectivity index (χ3v) is 8.15. The Balaban J connectivity index is 1.55. The van der Waals surface area contributed by atoms with E-state index in [2.05, 4.69) is 17.6 Å². The lowest BCUT2D eigenvalue weighted by Crippen LogP contribution is -2.54. The summed E-state index contributed by atoms with van der Waals surface area (Å²) in [5.74, 6) is -0.457. The van der Waals surface area contributed by atoms with Crippen molar-refractivity contribution in [3.8, 4) is 5.75 Å². The number of nitrogens with one attached hydrogen (secondary N) is 2. The normalized spacial score (nSPS) is 17.1. The van der Waals surface area contributed by atoms with Crippen LogP contribution >= 0.6 is 0 Å². The highest BCUT2D eigenvalue weighted by Gasteiger charge is 2.48. The van der Waals surface area contributed by atoms with E-state index < -0.39 is 23.8 Å². The molecule has 1 fully saturated rings.